The first kappa shape index (κ1) is 19.4. The van der Waals surface area contributed by atoms with Gasteiger partial charge in [0.2, 0.25) is 11.1 Å². The monoisotopic (exact) mass is 445 g/mol. The first-order chi connectivity index (χ1) is 13.0. The molecule has 0 saturated heterocycles. The highest BCUT2D eigenvalue weighted by molar-refractivity contribution is 9.10. The van der Waals surface area contributed by atoms with E-state index in [1.54, 1.807) is 0 Å². The minimum atomic E-state index is -0.380. The molecule has 1 heterocycles. The molecule has 0 aliphatic rings. The number of halogens is 1. The third-order valence-electron chi connectivity index (χ3n) is 4.06. The predicted molar refractivity (Wildman–Crippen MR) is 113 cm³/mol. The maximum absolute atomic E-state index is 12.5. The van der Waals surface area contributed by atoms with Crippen molar-refractivity contribution in [1.82, 2.24) is 14.9 Å². The van der Waals surface area contributed by atoms with Crippen LogP contribution in [0.15, 0.2) is 58.2 Å². The highest BCUT2D eigenvalue weighted by Crippen LogP contribution is 2.29. The molecule has 1 aromatic heterocycles. The molecular formula is C19H20BrN5OS. The van der Waals surface area contributed by atoms with Crippen molar-refractivity contribution in [2.24, 2.45) is 0 Å². The summed E-state index contributed by atoms with van der Waals surface area (Å²) in [6.45, 7) is 3.91. The zero-order valence-electron chi connectivity index (χ0n) is 15.0. The molecule has 0 radical (unpaired) electrons. The molecule has 0 unspecified atom stereocenters. The van der Waals surface area contributed by atoms with Gasteiger partial charge in [-0.25, -0.2) is 4.68 Å². The van der Waals surface area contributed by atoms with E-state index in [9.17, 15) is 4.79 Å². The van der Waals surface area contributed by atoms with Gasteiger partial charge in [-0.15, -0.1) is 10.2 Å². The molecule has 27 heavy (non-hydrogen) atoms. The Hall–Kier alpha value is -2.32. The number of nitrogen functional groups attached to an aromatic ring is 1. The first-order valence-electron chi connectivity index (χ1n) is 8.51. The molecule has 0 aliphatic heterocycles. The Bertz CT molecular complexity index is 942. The SMILES string of the molecule is CCc1ccc(NC(=O)[C@@H](C)Sc2nnc(-c3ccccc3Br)n2N)cc1. The third-order valence-corrected chi connectivity index (χ3v) is 5.81. The fourth-order valence-electron chi connectivity index (χ4n) is 2.46. The Kier molecular flexibility index (Phi) is 6.18. The van der Waals surface area contributed by atoms with Gasteiger partial charge in [-0.1, -0.05) is 58.9 Å². The second kappa shape index (κ2) is 8.58. The Labute approximate surface area is 170 Å². The number of carbonyl (C=O) groups is 1. The Morgan fingerprint density at radius 1 is 1.22 bits per heavy atom. The highest BCUT2D eigenvalue weighted by atomic mass is 79.9. The normalized spacial score (nSPS) is 12.0. The van der Waals surface area contributed by atoms with E-state index in [0.29, 0.717) is 11.0 Å². The number of aryl methyl sites for hydroxylation is 1. The molecule has 1 amide bonds. The number of nitrogens with zero attached hydrogens (tertiary/aromatic N) is 3. The molecule has 0 aliphatic carbocycles. The fraction of sp³-hybridized carbons (Fsp3) is 0.211. The second-order valence-electron chi connectivity index (χ2n) is 5.96. The number of rotatable bonds is 6. The molecule has 3 aromatic rings. The number of aromatic nitrogens is 3. The predicted octanol–water partition coefficient (Wildman–Crippen LogP) is 4.10. The minimum Gasteiger partial charge on any atom is -0.335 e. The Morgan fingerprint density at radius 2 is 1.93 bits per heavy atom. The van der Waals surface area contributed by atoms with Crippen LogP contribution in [0, 0.1) is 0 Å². The molecule has 0 bridgehead atoms. The number of amides is 1. The van der Waals surface area contributed by atoms with Crippen LogP contribution >= 0.6 is 27.7 Å². The van der Waals surface area contributed by atoms with Crippen LogP contribution < -0.4 is 11.2 Å². The quantitative estimate of drug-likeness (QED) is 0.440. The number of carbonyl (C=O) groups excluding carboxylic acids is 1. The van der Waals surface area contributed by atoms with Gasteiger partial charge < -0.3 is 11.2 Å². The van der Waals surface area contributed by atoms with Gasteiger partial charge in [-0.2, -0.15) is 0 Å². The van der Waals surface area contributed by atoms with Crippen molar-refractivity contribution in [2.75, 3.05) is 11.2 Å². The van der Waals surface area contributed by atoms with Gasteiger partial charge in [0.15, 0.2) is 5.82 Å². The molecule has 3 rings (SSSR count). The van der Waals surface area contributed by atoms with Crippen LogP contribution in [0.25, 0.3) is 11.4 Å². The van der Waals surface area contributed by atoms with Crippen LogP contribution in [0.3, 0.4) is 0 Å². The number of benzene rings is 2. The van der Waals surface area contributed by atoms with E-state index in [4.69, 9.17) is 5.84 Å². The molecule has 3 N–H and O–H groups in total. The summed E-state index contributed by atoms with van der Waals surface area (Å²) in [6, 6.07) is 15.5. The summed E-state index contributed by atoms with van der Waals surface area (Å²) in [6.07, 6.45) is 0.965. The lowest BCUT2D eigenvalue weighted by molar-refractivity contribution is -0.115. The van der Waals surface area contributed by atoms with Gasteiger partial charge in [-0.3, -0.25) is 4.79 Å². The smallest absolute Gasteiger partial charge is 0.237 e. The summed E-state index contributed by atoms with van der Waals surface area (Å²) in [7, 11) is 0. The van der Waals surface area contributed by atoms with E-state index in [-0.39, 0.29) is 11.2 Å². The van der Waals surface area contributed by atoms with E-state index in [1.807, 2.05) is 55.5 Å². The van der Waals surface area contributed by atoms with Gasteiger partial charge in [0.1, 0.15) is 0 Å². The van der Waals surface area contributed by atoms with Crippen LogP contribution in [0.2, 0.25) is 0 Å². The van der Waals surface area contributed by atoms with Crippen molar-refractivity contribution in [2.45, 2.75) is 30.7 Å². The molecule has 0 spiro atoms. The maximum Gasteiger partial charge on any atom is 0.237 e. The van der Waals surface area contributed by atoms with Crippen molar-refractivity contribution < 1.29 is 4.79 Å². The molecule has 8 heteroatoms. The number of thioether (sulfide) groups is 1. The molecule has 1 atom stereocenters. The van der Waals surface area contributed by atoms with Gasteiger partial charge >= 0.3 is 0 Å². The van der Waals surface area contributed by atoms with Crippen LogP contribution in [0.4, 0.5) is 5.69 Å². The van der Waals surface area contributed by atoms with Gasteiger partial charge in [0.05, 0.1) is 5.25 Å². The Balaban J connectivity index is 1.69. The molecule has 0 fully saturated rings. The van der Waals surface area contributed by atoms with Crippen LogP contribution in [0.5, 0.6) is 0 Å². The standard InChI is InChI=1S/C19H20BrN5OS/c1-3-13-8-10-14(11-9-13)22-18(26)12(2)27-19-24-23-17(25(19)21)15-6-4-5-7-16(15)20/h4-12H,3,21H2,1-2H3,(H,22,26)/t12-/m1/s1. The molecule has 6 nitrogen and oxygen atoms in total. The fourth-order valence-corrected chi connectivity index (χ4v) is 3.70. The Morgan fingerprint density at radius 3 is 2.59 bits per heavy atom. The van der Waals surface area contributed by atoms with E-state index in [2.05, 4.69) is 38.4 Å². The van der Waals surface area contributed by atoms with Crippen LogP contribution in [-0.2, 0) is 11.2 Å². The highest BCUT2D eigenvalue weighted by Gasteiger charge is 2.20. The summed E-state index contributed by atoms with van der Waals surface area (Å²) < 4.78 is 2.28. The van der Waals surface area contributed by atoms with Crippen molar-refractivity contribution in [3.63, 3.8) is 0 Å². The van der Waals surface area contributed by atoms with Gasteiger partial charge in [-0.05, 0) is 43.2 Å². The third kappa shape index (κ3) is 4.51. The van der Waals surface area contributed by atoms with Crippen molar-refractivity contribution in [1.29, 1.82) is 0 Å². The minimum absolute atomic E-state index is 0.116. The summed E-state index contributed by atoms with van der Waals surface area (Å²) in [4.78, 5) is 12.5. The topological polar surface area (TPSA) is 85.8 Å². The zero-order valence-corrected chi connectivity index (χ0v) is 17.4. The van der Waals surface area contributed by atoms with Gasteiger partial charge in [0, 0.05) is 15.7 Å². The van der Waals surface area contributed by atoms with Crippen molar-refractivity contribution in [3.05, 3.63) is 58.6 Å². The van der Waals surface area contributed by atoms with E-state index < -0.39 is 0 Å². The van der Waals surface area contributed by atoms with Crippen molar-refractivity contribution >= 4 is 39.3 Å². The average Bonchev–Trinajstić information content (AvgIpc) is 3.03. The van der Waals surface area contributed by atoms with Crippen LogP contribution in [-0.4, -0.2) is 26.0 Å². The zero-order chi connectivity index (χ0) is 19.4. The summed E-state index contributed by atoms with van der Waals surface area (Å²) >= 11 is 4.75. The number of nitrogens with two attached hydrogens (primary N) is 1. The van der Waals surface area contributed by atoms with Crippen LogP contribution in [0.1, 0.15) is 19.4 Å². The van der Waals surface area contributed by atoms with Crippen molar-refractivity contribution in [3.8, 4) is 11.4 Å². The molecule has 0 saturated carbocycles. The molecule has 2 aromatic carbocycles. The molecule has 140 valence electrons. The first-order valence-corrected chi connectivity index (χ1v) is 10.2. The number of hydrogen-bond donors (Lipinski definition) is 2. The summed E-state index contributed by atoms with van der Waals surface area (Å²) in [5.41, 5.74) is 2.84. The number of nitrogens with one attached hydrogen (secondary N) is 1. The lowest BCUT2D eigenvalue weighted by Gasteiger charge is -2.12. The largest absolute Gasteiger partial charge is 0.335 e. The number of hydrogen-bond acceptors (Lipinski definition) is 5. The lowest BCUT2D eigenvalue weighted by Crippen LogP contribution is -2.23. The van der Waals surface area contributed by atoms with E-state index >= 15 is 0 Å². The lowest BCUT2D eigenvalue weighted by atomic mass is 10.1. The maximum atomic E-state index is 12.5. The number of anilines is 1. The average molecular weight is 446 g/mol. The van der Waals surface area contributed by atoms with E-state index in [1.165, 1.54) is 22.0 Å². The second-order valence-corrected chi connectivity index (χ2v) is 8.12. The molecular weight excluding hydrogens is 426 g/mol. The summed E-state index contributed by atoms with van der Waals surface area (Å²) in [5, 5.41) is 11.3. The summed E-state index contributed by atoms with van der Waals surface area (Å²) in [5.74, 6) is 6.57. The van der Waals surface area contributed by atoms with E-state index in [0.717, 1.165) is 22.1 Å². The van der Waals surface area contributed by atoms with Gasteiger partial charge in [0.25, 0.3) is 0 Å².